The van der Waals surface area contributed by atoms with Crippen LogP contribution in [0.15, 0.2) is 42.5 Å². The molecule has 0 unspecified atom stereocenters. The van der Waals surface area contributed by atoms with Gasteiger partial charge in [-0.25, -0.2) is 4.79 Å². The summed E-state index contributed by atoms with van der Waals surface area (Å²) in [4.78, 5) is 11.1. The molecule has 19 heavy (non-hydrogen) atoms. The Morgan fingerprint density at radius 3 is 2.58 bits per heavy atom. The third kappa shape index (κ3) is 3.37. The van der Waals surface area contributed by atoms with Gasteiger partial charge in [-0.15, -0.1) is 0 Å². The molecule has 3 N–H and O–H groups in total. The van der Waals surface area contributed by atoms with Gasteiger partial charge in [0, 0.05) is 3.57 Å². The van der Waals surface area contributed by atoms with Crippen molar-refractivity contribution in [2.75, 3.05) is 5.73 Å². The van der Waals surface area contributed by atoms with Crippen molar-refractivity contribution in [1.82, 2.24) is 0 Å². The summed E-state index contributed by atoms with van der Waals surface area (Å²) in [6.45, 7) is 0.351. The van der Waals surface area contributed by atoms with Crippen LogP contribution >= 0.6 is 22.6 Å². The van der Waals surface area contributed by atoms with Crippen LogP contribution in [0.25, 0.3) is 0 Å². The summed E-state index contributed by atoms with van der Waals surface area (Å²) in [6.07, 6.45) is 0. The molecule has 2 aromatic rings. The van der Waals surface area contributed by atoms with Crippen LogP contribution in [-0.2, 0) is 6.61 Å². The molecular weight excluding hydrogens is 357 g/mol. The highest BCUT2D eigenvalue weighted by Gasteiger charge is 2.14. The van der Waals surface area contributed by atoms with E-state index in [1.54, 1.807) is 6.07 Å². The fourth-order valence-corrected chi connectivity index (χ4v) is 2.22. The van der Waals surface area contributed by atoms with E-state index in [4.69, 9.17) is 15.6 Å². The van der Waals surface area contributed by atoms with Crippen molar-refractivity contribution in [2.24, 2.45) is 0 Å². The van der Waals surface area contributed by atoms with Crippen LogP contribution < -0.4 is 10.5 Å². The zero-order valence-electron chi connectivity index (χ0n) is 9.97. The molecule has 0 aliphatic rings. The number of benzene rings is 2. The van der Waals surface area contributed by atoms with E-state index in [1.807, 2.05) is 52.9 Å². The number of halogens is 1. The van der Waals surface area contributed by atoms with Gasteiger partial charge in [0.15, 0.2) is 0 Å². The lowest BCUT2D eigenvalue weighted by Gasteiger charge is -2.11. The molecule has 0 radical (unpaired) electrons. The van der Waals surface area contributed by atoms with Crippen molar-refractivity contribution in [3.05, 3.63) is 57.2 Å². The minimum Gasteiger partial charge on any atom is -0.487 e. The number of nitrogens with two attached hydrogens (primary N) is 1. The molecule has 2 aromatic carbocycles. The molecule has 0 heterocycles. The van der Waals surface area contributed by atoms with Gasteiger partial charge in [-0.1, -0.05) is 30.3 Å². The lowest BCUT2D eigenvalue weighted by molar-refractivity contribution is 0.0697. The number of hydrogen-bond donors (Lipinski definition) is 2. The highest BCUT2D eigenvalue weighted by Crippen LogP contribution is 2.29. The zero-order chi connectivity index (χ0) is 13.8. The number of carboxylic acid groups (broad SMARTS) is 1. The number of aromatic carboxylic acids is 1. The minimum atomic E-state index is -1.06. The fraction of sp³-hybridized carbons (Fsp3) is 0.0714. The largest absolute Gasteiger partial charge is 0.487 e. The summed E-state index contributed by atoms with van der Waals surface area (Å²) < 4.78 is 6.37. The molecule has 0 amide bonds. The Hall–Kier alpha value is -1.76. The summed E-state index contributed by atoms with van der Waals surface area (Å²) in [7, 11) is 0. The number of ether oxygens (including phenoxy) is 1. The highest BCUT2D eigenvalue weighted by atomic mass is 127. The predicted molar refractivity (Wildman–Crippen MR) is 81.3 cm³/mol. The summed E-state index contributed by atoms with van der Waals surface area (Å²) >= 11 is 2.04. The molecule has 0 aliphatic heterocycles. The van der Waals surface area contributed by atoms with Crippen LogP contribution in [0.2, 0.25) is 0 Å². The molecular formula is C14H12INO3. The summed E-state index contributed by atoms with van der Waals surface area (Å²) in [5.74, 6) is -0.659. The molecule has 0 bridgehead atoms. The van der Waals surface area contributed by atoms with Gasteiger partial charge < -0.3 is 15.6 Å². The Bertz CT molecular complexity index is 599. The number of hydrogen-bond acceptors (Lipinski definition) is 3. The van der Waals surface area contributed by atoms with Crippen molar-refractivity contribution >= 4 is 34.2 Å². The van der Waals surface area contributed by atoms with Gasteiger partial charge in [0.05, 0.1) is 11.3 Å². The maximum Gasteiger partial charge on any atom is 0.337 e. The van der Waals surface area contributed by atoms with E-state index in [0.717, 1.165) is 9.13 Å². The molecule has 0 spiro atoms. The van der Waals surface area contributed by atoms with Crippen LogP contribution in [0.4, 0.5) is 5.69 Å². The lowest BCUT2D eigenvalue weighted by Crippen LogP contribution is -2.06. The van der Waals surface area contributed by atoms with E-state index in [0.29, 0.717) is 12.4 Å². The van der Waals surface area contributed by atoms with Crippen molar-refractivity contribution < 1.29 is 14.6 Å². The van der Waals surface area contributed by atoms with Gasteiger partial charge in [-0.3, -0.25) is 0 Å². The van der Waals surface area contributed by atoms with Gasteiger partial charge >= 0.3 is 5.97 Å². The highest BCUT2D eigenvalue weighted by molar-refractivity contribution is 14.1. The minimum absolute atomic E-state index is 0.0648. The SMILES string of the molecule is Nc1c(OCc2ccccc2)cc(I)cc1C(=O)O. The standard InChI is InChI=1S/C14H12INO3/c15-10-6-11(14(17)18)13(16)12(7-10)19-8-9-4-2-1-3-5-9/h1-7H,8,16H2,(H,17,18). The number of rotatable bonds is 4. The Morgan fingerprint density at radius 2 is 1.95 bits per heavy atom. The van der Waals surface area contributed by atoms with Gasteiger partial charge in [-0.05, 0) is 40.3 Å². The van der Waals surface area contributed by atoms with Crippen LogP contribution in [-0.4, -0.2) is 11.1 Å². The predicted octanol–water partition coefficient (Wildman–Crippen LogP) is 3.15. The Morgan fingerprint density at radius 1 is 1.26 bits per heavy atom. The number of carboxylic acids is 1. The lowest BCUT2D eigenvalue weighted by atomic mass is 10.1. The van der Waals surface area contributed by atoms with Gasteiger partial charge in [0.25, 0.3) is 0 Å². The maximum atomic E-state index is 11.1. The number of anilines is 1. The number of nitrogen functional groups attached to an aromatic ring is 1. The van der Waals surface area contributed by atoms with Crippen LogP contribution in [0.1, 0.15) is 15.9 Å². The molecule has 0 fully saturated rings. The van der Waals surface area contributed by atoms with E-state index in [-0.39, 0.29) is 11.3 Å². The van der Waals surface area contributed by atoms with Crippen LogP contribution in [0.5, 0.6) is 5.75 Å². The monoisotopic (exact) mass is 369 g/mol. The zero-order valence-corrected chi connectivity index (χ0v) is 12.1. The van der Waals surface area contributed by atoms with E-state index < -0.39 is 5.97 Å². The summed E-state index contributed by atoms with van der Waals surface area (Å²) in [5, 5.41) is 9.06. The van der Waals surface area contributed by atoms with E-state index >= 15 is 0 Å². The second kappa shape index (κ2) is 5.92. The molecule has 0 aromatic heterocycles. The number of carbonyl (C=O) groups is 1. The summed E-state index contributed by atoms with van der Waals surface area (Å²) in [6, 6.07) is 12.9. The molecule has 0 saturated carbocycles. The fourth-order valence-electron chi connectivity index (χ4n) is 1.62. The quantitative estimate of drug-likeness (QED) is 0.642. The van der Waals surface area contributed by atoms with Crippen molar-refractivity contribution in [1.29, 1.82) is 0 Å². The third-order valence-electron chi connectivity index (χ3n) is 2.57. The molecule has 0 aliphatic carbocycles. The summed E-state index contributed by atoms with van der Waals surface area (Å²) in [5.41, 5.74) is 7.03. The average Bonchev–Trinajstić information content (AvgIpc) is 2.40. The molecule has 98 valence electrons. The van der Waals surface area contributed by atoms with Gasteiger partial charge in [-0.2, -0.15) is 0 Å². The van der Waals surface area contributed by atoms with E-state index in [1.165, 1.54) is 6.07 Å². The Kier molecular flexibility index (Phi) is 4.26. The van der Waals surface area contributed by atoms with Crippen LogP contribution in [0.3, 0.4) is 0 Å². The molecule has 0 atom stereocenters. The normalized spacial score (nSPS) is 10.2. The van der Waals surface area contributed by atoms with Gasteiger partial charge in [0.1, 0.15) is 12.4 Å². The second-order valence-electron chi connectivity index (χ2n) is 3.94. The molecule has 2 rings (SSSR count). The maximum absolute atomic E-state index is 11.1. The van der Waals surface area contributed by atoms with E-state index in [2.05, 4.69) is 0 Å². The molecule has 5 heteroatoms. The van der Waals surface area contributed by atoms with Crippen molar-refractivity contribution in [3.63, 3.8) is 0 Å². The topological polar surface area (TPSA) is 72.5 Å². The van der Waals surface area contributed by atoms with Gasteiger partial charge in [0.2, 0.25) is 0 Å². The smallest absolute Gasteiger partial charge is 0.337 e. The first-order valence-corrected chi connectivity index (χ1v) is 6.65. The van der Waals surface area contributed by atoms with E-state index in [9.17, 15) is 4.79 Å². The Balaban J connectivity index is 2.23. The van der Waals surface area contributed by atoms with Crippen molar-refractivity contribution in [3.8, 4) is 5.75 Å². The second-order valence-corrected chi connectivity index (χ2v) is 5.19. The Labute approximate surface area is 124 Å². The third-order valence-corrected chi connectivity index (χ3v) is 3.20. The van der Waals surface area contributed by atoms with Crippen molar-refractivity contribution in [2.45, 2.75) is 6.61 Å². The first-order chi connectivity index (χ1) is 9.08. The van der Waals surface area contributed by atoms with Crippen LogP contribution in [0, 0.1) is 3.57 Å². The molecule has 4 nitrogen and oxygen atoms in total. The first kappa shape index (κ1) is 13.7. The first-order valence-electron chi connectivity index (χ1n) is 5.57. The molecule has 0 saturated heterocycles. The average molecular weight is 369 g/mol.